The third-order valence-electron chi connectivity index (χ3n) is 4.57. The number of nitrogens with zero attached hydrogens (tertiary/aromatic N) is 1. The van der Waals surface area contributed by atoms with Gasteiger partial charge in [-0.05, 0) is 13.0 Å². The molecule has 30 heavy (non-hydrogen) atoms. The smallest absolute Gasteiger partial charge is 0.404 e. The molecule has 13 heteroatoms. The Morgan fingerprint density at radius 3 is 3.00 bits per heavy atom. The second-order valence-corrected chi connectivity index (χ2v) is 8.61. The molecule has 2 aliphatic rings. The van der Waals surface area contributed by atoms with Crippen LogP contribution in [-0.2, 0) is 25.0 Å². The number of fused-ring (bicyclic) bond motifs is 1. The topological polar surface area (TPSA) is 132 Å². The molecule has 0 aliphatic carbocycles. The first-order valence-electron chi connectivity index (χ1n) is 9.65. The van der Waals surface area contributed by atoms with Gasteiger partial charge in [-0.3, -0.25) is 18.6 Å². The molecule has 1 unspecified atom stereocenters. The highest BCUT2D eigenvalue weighted by Crippen LogP contribution is 2.55. The second-order valence-electron chi connectivity index (χ2n) is 6.68. The van der Waals surface area contributed by atoms with E-state index in [0.29, 0.717) is 15.7 Å². The van der Waals surface area contributed by atoms with Gasteiger partial charge in [-0.2, -0.15) is 0 Å². The van der Waals surface area contributed by atoms with E-state index in [4.69, 9.17) is 33.3 Å². The summed E-state index contributed by atoms with van der Waals surface area (Å²) in [6.45, 7) is -2.39. The van der Waals surface area contributed by atoms with E-state index in [2.05, 4.69) is 4.98 Å². The van der Waals surface area contributed by atoms with Crippen LogP contribution in [0.5, 0.6) is 5.75 Å². The third-order valence-corrected chi connectivity index (χ3v) is 6.17. The molecule has 2 aromatic rings. The molecule has 1 aromatic heterocycles. The van der Waals surface area contributed by atoms with Crippen molar-refractivity contribution in [2.75, 3.05) is 6.56 Å². The third kappa shape index (κ3) is 3.76. The standard InChI is InChI=1S/C17H18FN2O8PS/c1-9-6-20(16(23)19-14(9)30)15-12(21)13(22)17(18,27-15)8-26-29(24)25-7-10-4-2-3-5-11(10)28-29/h2-6,12-13,15,21-22H,7-8H2,1H3,(H,19,23,30)/t12-,13+,15-,17-,29?/m1/s1/i8D2. The van der Waals surface area contributed by atoms with E-state index in [1.54, 1.807) is 18.2 Å². The quantitative estimate of drug-likeness (QED) is 0.460. The molecule has 0 radical (unpaired) electrons. The van der Waals surface area contributed by atoms with E-state index in [1.807, 2.05) is 0 Å². The molecular formula is C17H18FN2O8PS. The van der Waals surface area contributed by atoms with Crippen LogP contribution in [0.25, 0.3) is 0 Å². The van der Waals surface area contributed by atoms with E-state index in [1.165, 1.54) is 13.0 Å². The van der Waals surface area contributed by atoms with Crippen molar-refractivity contribution in [2.24, 2.45) is 0 Å². The molecule has 0 spiro atoms. The van der Waals surface area contributed by atoms with Gasteiger partial charge in [-0.25, -0.2) is 13.8 Å². The van der Waals surface area contributed by atoms with Crippen LogP contribution in [0.3, 0.4) is 0 Å². The van der Waals surface area contributed by atoms with Crippen LogP contribution in [0, 0.1) is 11.6 Å². The van der Waals surface area contributed by atoms with Gasteiger partial charge in [-0.1, -0.05) is 30.4 Å². The molecule has 1 fully saturated rings. The van der Waals surface area contributed by atoms with Crippen molar-refractivity contribution in [1.82, 2.24) is 9.55 Å². The Bertz CT molecular complexity index is 1230. The van der Waals surface area contributed by atoms with Gasteiger partial charge in [-0.15, -0.1) is 0 Å². The molecule has 0 amide bonds. The van der Waals surface area contributed by atoms with E-state index < -0.39 is 44.4 Å². The predicted octanol–water partition coefficient (Wildman–Crippen LogP) is 1.86. The van der Waals surface area contributed by atoms with Crippen LogP contribution >= 0.6 is 20.0 Å². The summed E-state index contributed by atoms with van der Waals surface area (Å²) >= 11 is 4.93. The Hall–Kier alpha value is -1.92. The first-order chi connectivity index (χ1) is 14.9. The van der Waals surface area contributed by atoms with E-state index in [0.717, 1.165) is 6.20 Å². The lowest BCUT2D eigenvalue weighted by Crippen LogP contribution is -2.43. The number of hydrogen-bond donors (Lipinski definition) is 3. The number of phosphoric ester groups is 1. The summed E-state index contributed by atoms with van der Waals surface area (Å²) in [7, 11) is -4.70. The number of hydrogen-bond acceptors (Lipinski definition) is 9. The number of H-pyrrole nitrogens is 1. The Balaban J connectivity index is 1.63. The van der Waals surface area contributed by atoms with Crippen molar-refractivity contribution >= 4 is 20.0 Å². The lowest BCUT2D eigenvalue weighted by Gasteiger charge is -2.28. The Morgan fingerprint density at radius 1 is 1.50 bits per heavy atom. The summed E-state index contributed by atoms with van der Waals surface area (Å²) in [5.74, 6) is -3.68. The van der Waals surface area contributed by atoms with Crippen molar-refractivity contribution in [1.29, 1.82) is 0 Å². The zero-order valence-corrected chi connectivity index (χ0v) is 17.1. The molecule has 4 rings (SSSR count). The van der Waals surface area contributed by atoms with Gasteiger partial charge in [0, 0.05) is 17.3 Å². The van der Waals surface area contributed by atoms with E-state index >= 15 is 4.39 Å². The number of phosphoric acid groups is 1. The van der Waals surface area contributed by atoms with Gasteiger partial charge < -0.3 is 19.5 Å². The highest BCUT2D eigenvalue weighted by atomic mass is 32.1. The van der Waals surface area contributed by atoms with Gasteiger partial charge in [0.1, 0.15) is 29.2 Å². The molecular weight excluding hydrogens is 442 g/mol. The lowest BCUT2D eigenvalue weighted by atomic mass is 10.1. The summed E-state index contributed by atoms with van der Waals surface area (Å²) in [6, 6.07) is 6.28. The minimum Gasteiger partial charge on any atom is -0.404 e. The fourth-order valence-corrected chi connectivity index (χ4v) is 4.18. The molecule has 1 saturated heterocycles. The second kappa shape index (κ2) is 7.65. The number of rotatable bonds is 4. The highest BCUT2D eigenvalue weighted by Gasteiger charge is 2.57. The van der Waals surface area contributed by atoms with Gasteiger partial charge in [0.25, 0.3) is 5.85 Å². The zero-order chi connectivity index (χ0) is 23.5. The lowest BCUT2D eigenvalue weighted by molar-refractivity contribution is -0.205. The Labute approximate surface area is 177 Å². The average Bonchev–Trinajstić information content (AvgIpc) is 2.95. The van der Waals surface area contributed by atoms with Gasteiger partial charge >= 0.3 is 13.5 Å². The number of aliphatic hydroxyl groups is 2. The number of benzene rings is 1. The number of aliphatic hydroxyl groups excluding tert-OH is 2. The number of aromatic nitrogens is 2. The van der Waals surface area contributed by atoms with E-state index in [9.17, 15) is 19.6 Å². The van der Waals surface area contributed by atoms with Crippen LogP contribution in [-0.4, -0.2) is 44.4 Å². The molecule has 1 aromatic carbocycles. The molecule has 3 heterocycles. The van der Waals surface area contributed by atoms with Crippen molar-refractivity contribution in [3.05, 3.63) is 56.7 Å². The summed E-state index contributed by atoms with van der Waals surface area (Å²) in [6.07, 6.45) is -5.35. The largest absolute Gasteiger partial charge is 0.530 e. The minimum absolute atomic E-state index is 0.0816. The summed E-state index contributed by atoms with van der Waals surface area (Å²) in [5.41, 5.74) is -0.0273. The number of aryl methyl sites for hydroxylation is 1. The molecule has 3 N–H and O–H groups in total. The molecule has 162 valence electrons. The molecule has 5 atom stereocenters. The SMILES string of the molecule is [2H]C([2H])(OP1(=O)OCc2ccccc2O1)[C@@]1(F)O[C@@H](n2cc(C)c(=S)[nH]c2=O)[C@H](O)[C@@H]1O. The number of aromatic amines is 1. The monoisotopic (exact) mass is 462 g/mol. The van der Waals surface area contributed by atoms with Crippen LogP contribution in [0.15, 0.2) is 35.3 Å². The normalized spacial score (nSPS) is 34.6. The van der Waals surface area contributed by atoms with Gasteiger partial charge in [0.05, 0.1) is 9.35 Å². The summed E-state index contributed by atoms with van der Waals surface area (Å²) in [5, 5.41) is 20.6. The van der Waals surface area contributed by atoms with Crippen LogP contribution in [0.1, 0.15) is 20.1 Å². The highest BCUT2D eigenvalue weighted by molar-refractivity contribution is 7.71. The number of para-hydroxylation sites is 1. The number of alkyl halides is 1. The Morgan fingerprint density at radius 2 is 2.23 bits per heavy atom. The number of ether oxygens (including phenoxy) is 1. The van der Waals surface area contributed by atoms with Crippen molar-refractivity contribution in [3.8, 4) is 5.75 Å². The Kier molecular flexibility index (Phi) is 4.80. The number of nitrogens with one attached hydrogen (secondary N) is 1. The fraction of sp³-hybridized carbons (Fsp3) is 0.412. The van der Waals surface area contributed by atoms with Crippen LogP contribution < -0.4 is 10.2 Å². The maximum Gasteiger partial charge on any atom is 0.530 e. The van der Waals surface area contributed by atoms with Crippen molar-refractivity contribution in [2.45, 2.75) is 37.8 Å². The average molecular weight is 462 g/mol. The summed E-state index contributed by atoms with van der Waals surface area (Å²) in [4.78, 5) is 14.5. The molecule has 2 aliphatic heterocycles. The van der Waals surface area contributed by atoms with Gasteiger partial charge in [0.15, 0.2) is 6.23 Å². The maximum atomic E-state index is 15.7. The van der Waals surface area contributed by atoms with E-state index in [-0.39, 0.29) is 17.0 Å². The minimum atomic E-state index is -4.70. The van der Waals surface area contributed by atoms with Crippen LogP contribution in [0.2, 0.25) is 0 Å². The molecule has 0 saturated carbocycles. The molecule has 0 bridgehead atoms. The fourth-order valence-electron chi connectivity index (χ4n) is 2.94. The number of halogens is 1. The first kappa shape index (κ1) is 18.8. The summed E-state index contributed by atoms with van der Waals surface area (Å²) < 4.78 is 65.1. The maximum absolute atomic E-state index is 15.7. The first-order valence-corrected chi connectivity index (χ1v) is 10.5. The van der Waals surface area contributed by atoms with Crippen molar-refractivity contribution in [3.63, 3.8) is 0 Å². The van der Waals surface area contributed by atoms with Crippen LogP contribution in [0.4, 0.5) is 4.39 Å². The zero-order valence-electron chi connectivity index (χ0n) is 17.4. The predicted molar refractivity (Wildman–Crippen MR) is 102 cm³/mol. The molecule has 10 nitrogen and oxygen atoms in total. The van der Waals surface area contributed by atoms with Crippen molar-refractivity contribution < 1.29 is 40.2 Å². The van der Waals surface area contributed by atoms with Gasteiger partial charge in [0.2, 0.25) is 0 Å².